The fourth-order valence-corrected chi connectivity index (χ4v) is 13.6. The molecule has 1 N–H and O–H groups in total. The van der Waals surface area contributed by atoms with Gasteiger partial charge in [-0.25, -0.2) is 9.46 Å². The number of amides is 1. The summed E-state index contributed by atoms with van der Waals surface area (Å²) in [5.74, 6) is 5.16. The van der Waals surface area contributed by atoms with E-state index in [1.165, 1.54) is 109 Å². The molecule has 0 bridgehead atoms. The van der Waals surface area contributed by atoms with Crippen molar-refractivity contribution in [2.75, 3.05) is 20.3 Å². The Bertz CT molecular complexity index is 1120. The molecular formula is C47H87N2O4P. The SMILES string of the molecule is COP(OCCCCCCCCCCCCNC(=O)OC1CC[C@@]2(C)C(=CCC3C2CC[C@@]2(C)C3CC[C@@H]2[C@H](C)CCCC(C)C)C1)N(C(C)C)C(C)C. The Morgan fingerprint density at radius 1 is 0.815 bits per heavy atom. The van der Waals surface area contributed by atoms with Crippen molar-refractivity contribution < 1.29 is 18.6 Å². The van der Waals surface area contributed by atoms with Crippen molar-refractivity contribution in [2.45, 2.75) is 215 Å². The van der Waals surface area contributed by atoms with Crippen LogP contribution in [0, 0.1) is 46.3 Å². The van der Waals surface area contributed by atoms with Crippen molar-refractivity contribution >= 4 is 14.6 Å². The minimum atomic E-state index is -0.961. The third-order valence-corrected chi connectivity index (χ3v) is 17.0. The molecule has 5 unspecified atom stereocenters. The summed E-state index contributed by atoms with van der Waals surface area (Å²) in [6.45, 7) is 23.0. The van der Waals surface area contributed by atoms with Crippen molar-refractivity contribution in [3.8, 4) is 0 Å². The summed E-state index contributed by atoms with van der Waals surface area (Å²) in [4.78, 5) is 12.8. The molecule has 0 saturated heterocycles. The van der Waals surface area contributed by atoms with Gasteiger partial charge in [0.1, 0.15) is 6.10 Å². The number of nitrogens with zero attached hydrogens (tertiary/aromatic N) is 1. The fraction of sp³-hybridized carbons (Fsp3) is 0.936. The molecule has 0 spiro atoms. The van der Waals surface area contributed by atoms with Crippen LogP contribution < -0.4 is 5.32 Å². The van der Waals surface area contributed by atoms with Gasteiger partial charge in [0.25, 0.3) is 8.53 Å². The predicted octanol–water partition coefficient (Wildman–Crippen LogP) is 14.0. The molecule has 4 aliphatic rings. The van der Waals surface area contributed by atoms with E-state index in [2.05, 4.69) is 78.4 Å². The topological polar surface area (TPSA) is 60.0 Å². The smallest absolute Gasteiger partial charge is 0.407 e. The van der Waals surface area contributed by atoms with Crippen molar-refractivity contribution in [1.29, 1.82) is 0 Å². The van der Waals surface area contributed by atoms with E-state index in [9.17, 15) is 4.79 Å². The molecule has 3 fully saturated rings. The fourth-order valence-electron chi connectivity index (χ4n) is 12.1. The van der Waals surface area contributed by atoms with E-state index in [-0.39, 0.29) is 12.2 Å². The Balaban J connectivity index is 1.04. The first kappa shape index (κ1) is 46.0. The molecular weight excluding hydrogens is 688 g/mol. The Morgan fingerprint density at radius 2 is 1.46 bits per heavy atom. The molecule has 4 aliphatic carbocycles. The van der Waals surface area contributed by atoms with Crippen LogP contribution in [0.1, 0.15) is 197 Å². The molecule has 0 aromatic rings. The van der Waals surface area contributed by atoms with E-state index in [0.29, 0.717) is 22.9 Å². The number of fused-ring (bicyclic) bond motifs is 5. The standard InChI is InChI=1S/C47H87N2O4P/c1-35(2)22-21-23-38(7)42-26-27-43-41-25-24-39-34-40(28-30-46(39,8)44(41)29-31-47(42,43)9)53-45(50)48-32-19-17-15-13-11-12-14-16-18-20-33-52-54(51-10)49(36(3)4)37(5)6/h24,35-38,40-44H,11-23,25-34H2,1-10H3,(H,48,50)/t38-,40?,41?,42-,43?,44?,46+,47-,54?/m1/s1. The number of hydrogen-bond acceptors (Lipinski definition) is 5. The predicted molar refractivity (Wildman–Crippen MR) is 229 cm³/mol. The zero-order valence-electron chi connectivity index (χ0n) is 37.1. The van der Waals surface area contributed by atoms with Crippen LogP contribution in [0.3, 0.4) is 0 Å². The van der Waals surface area contributed by atoms with Gasteiger partial charge in [0.05, 0.1) is 6.61 Å². The van der Waals surface area contributed by atoms with Gasteiger partial charge in [-0.1, -0.05) is 117 Å². The minimum absolute atomic E-state index is 0.0352. The van der Waals surface area contributed by atoms with Crippen LogP contribution >= 0.6 is 8.53 Å². The van der Waals surface area contributed by atoms with Crippen LogP contribution in [0.4, 0.5) is 4.79 Å². The highest BCUT2D eigenvalue weighted by Gasteiger charge is 2.59. The highest BCUT2D eigenvalue weighted by molar-refractivity contribution is 7.44. The number of allylic oxidation sites excluding steroid dienone is 1. The lowest BCUT2D eigenvalue weighted by Crippen LogP contribution is -2.51. The lowest BCUT2D eigenvalue weighted by molar-refractivity contribution is -0.0581. The van der Waals surface area contributed by atoms with Gasteiger partial charge in [0, 0.05) is 32.2 Å². The number of ether oxygens (including phenoxy) is 1. The van der Waals surface area contributed by atoms with E-state index < -0.39 is 8.53 Å². The number of alkyl carbamates (subject to hydrolysis) is 1. The monoisotopic (exact) mass is 775 g/mol. The second kappa shape index (κ2) is 22.5. The summed E-state index contributed by atoms with van der Waals surface area (Å²) in [5.41, 5.74) is 2.45. The molecule has 0 aliphatic heterocycles. The van der Waals surface area contributed by atoms with E-state index in [4.69, 9.17) is 13.8 Å². The van der Waals surface area contributed by atoms with Crippen LogP contribution in [-0.2, 0) is 13.8 Å². The number of carbonyl (C=O) groups is 1. The lowest BCUT2D eigenvalue weighted by Gasteiger charge is -2.58. The number of carbonyl (C=O) groups excluding carboxylic acids is 1. The second-order valence-electron chi connectivity index (χ2n) is 19.8. The van der Waals surface area contributed by atoms with Crippen LogP contribution in [-0.4, -0.2) is 49.2 Å². The number of unbranched alkanes of at least 4 members (excludes halogenated alkanes) is 9. The van der Waals surface area contributed by atoms with Crippen LogP contribution in [0.25, 0.3) is 0 Å². The molecule has 7 heteroatoms. The number of hydrogen-bond donors (Lipinski definition) is 1. The largest absolute Gasteiger partial charge is 0.446 e. The quantitative estimate of drug-likeness (QED) is 0.0601. The molecule has 0 aromatic heterocycles. The number of rotatable bonds is 24. The Morgan fingerprint density at radius 3 is 2.09 bits per heavy atom. The molecule has 0 heterocycles. The third kappa shape index (κ3) is 12.4. The summed E-state index contributed by atoms with van der Waals surface area (Å²) >= 11 is 0. The molecule has 9 atom stereocenters. The van der Waals surface area contributed by atoms with Crippen molar-refractivity contribution in [3.63, 3.8) is 0 Å². The summed E-state index contributed by atoms with van der Waals surface area (Å²) in [6.07, 6.45) is 29.1. The summed E-state index contributed by atoms with van der Waals surface area (Å²) in [7, 11) is 0.807. The molecule has 54 heavy (non-hydrogen) atoms. The Hall–Kier alpha value is -0.680. The Labute approximate surface area is 335 Å². The van der Waals surface area contributed by atoms with E-state index >= 15 is 0 Å². The van der Waals surface area contributed by atoms with Gasteiger partial charge in [0.15, 0.2) is 0 Å². The molecule has 0 radical (unpaired) electrons. The number of nitrogens with one attached hydrogen (secondary N) is 1. The van der Waals surface area contributed by atoms with Crippen molar-refractivity contribution in [1.82, 2.24) is 9.99 Å². The first-order chi connectivity index (χ1) is 25.8. The van der Waals surface area contributed by atoms with Crippen molar-refractivity contribution in [3.05, 3.63) is 11.6 Å². The van der Waals surface area contributed by atoms with Gasteiger partial charge in [0.2, 0.25) is 0 Å². The first-order valence-corrected chi connectivity index (χ1v) is 24.3. The van der Waals surface area contributed by atoms with Gasteiger partial charge in [-0.05, 0) is 132 Å². The molecule has 3 saturated carbocycles. The van der Waals surface area contributed by atoms with Gasteiger partial charge < -0.3 is 19.1 Å². The van der Waals surface area contributed by atoms with E-state index in [0.717, 1.165) is 74.3 Å². The zero-order chi connectivity index (χ0) is 39.3. The summed E-state index contributed by atoms with van der Waals surface area (Å²) < 4.78 is 20.2. The Kier molecular flexibility index (Phi) is 19.1. The third-order valence-electron chi connectivity index (χ3n) is 15.0. The van der Waals surface area contributed by atoms with Crippen molar-refractivity contribution in [2.24, 2.45) is 46.3 Å². The zero-order valence-corrected chi connectivity index (χ0v) is 38.0. The molecule has 314 valence electrons. The van der Waals surface area contributed by atoms with Gasteiger partial charge in [-0.2, -0.15) is 0 Å². The van der Waals surface area contributed by atoms with E-state index in [1.54, 1.807) is 12.7 Å². The van der Waals surface area contributed by atoms with E-state index in [1.807, 2.05) is 0 Å². The normalized spacial score (nSPS) is 30.6. The molecule has 0 aromatic carbocycles. The average molecular weight is 775 g/mol. The average Bonchev–Trinajstić information content (AvgIpc) is 3.48. The van der Waals surface area contributed by atoms with Gasteiger partial charge in [-0.15, -0.1) is 0 Å². The first-order valence-electron chi connectivity index (χ1n) is 23.2. The van der Waals surface area contributed by atoms with Gasteiger partial charge in [-0.3, -0.25) is 0 Å². The molecule has 6 nitrogen and oxygen atoms in total. The van der Waals surface area contributed by atoms with Gasteiger partial charge >= 0.3 is 6.09 Å². The maximum Gasteiger partial charge on any atom is 0.407 e. The molecule has 4 rings (SSSR count). The van der Waals surface area contributed by atoms with Crippen LogP contribution in [0.15, 0.2) is 11.6 Å². The maximum absolute atomic E-state index is 12.8. The second-order valence-corrected chi connectivity index (χ2v) is 21.4. The summed E-state index contributed by atoms with van der Waals surface area (Å²) in [5, 5.41) is 3.08. The summed E-state index contributed by atoms with van der Waals surface area (Å²) in [6, 6.07) is 0.839. The highest BCUT2D eigenvalue weighted by atomic mass is 31.2. The van der Waals surface area contributed by atoms with Crippen LogP contribution in [0.5, 0.6) is 0 Å². The minimum Gasteiger partial charge on any atom is -0.446 e. The highest BCUT2D eigenvalue weighted by Crippen LogP contribution is 2.67. The maximum atomic E-state index is 12.8. The molecule has 1 amide bonds. The van der Waals surface area contributed by atoms with Crippen LogP contribution in [0.2, 0.25) is 0 Å². The lowest BCUT2D eigenvalue weighted by atomic mass is 9.47.